The summed E-state index contributed by atoms with van der Waals surface area (Å²) in [7, 11) is 0. The largest absolute Gasteiger partial charge is 0.396 e. The van der Waals surface area contributed by atoms with E-state index in [9.17, 15) is 5.11 Å². The van der Waals surface area contributed by atoms with Crippen LogP contribution in [0.25, 0.3) is 0 Å². The van der Waals surface area contributed by atoms with Gasteiger partial charge in [-0.2, -0.15) is 0 Å². The summed E-state index contributed by atoms with van der Waals surface area (Å²) in [4.78, 5) is 4.94. The summed E-state index contributed by atoms with van der Waals surface area (Å²) in [5.74, 6) is 0. The van der Waals surface area contributed by atoms with Gasteiger partial charge < -0.3 is 14.7 Å². The van der Waals surface area contributed by atoms with Crippen LogP contribution in [0.2, 0.25) is 0 Å². The summed E-state index contributed by atoms with van der Waals surface area (Å²) < 4.78 is 5.47. The predicted molar refractivity (Wildman–Crippen MR) is 89.2 cm³/mol. The molecule has 3 rings (SSSR count). The molecule has 0 amide bonds. The highest BCUT2D eigenvalue weighted by Gasteiger charge is 2.30. The van der Waals surface area contributed by atoms with E-state index in [-0.39, 0.29) is 12.0 Å². The third kappa shape index (κ3) is 3.62. The van der Waals surface area contributed by atoms with Gasteiger partial charge in [-0.3, -0.25) is 4.90 Å². The molecule has 0 radical (unpaired) electrons. The normalized spacial score (nSPS) is 27.1. The highest BCUT2D eigenvalue weighted by molar-refractivity contribution is 5.53. The van der Waals surface area contributed by atoms with Crippen molar-refractivity contribution in [2.45, 2.75) is 26.3 Å². The second kappa shape index (κ2) is 6.99. The Balaban J connectivity index is 1.72. The van der Waals surface area contributed by atoms with Crippen LogP contribution in [0.15, 0.2) is 24.3 Å². The van der Waals surface area contributed by atoms with E-state index in [0.717, 1.165) is 52.4 Å². The van der Waals surface area contributed by atoms with Gasteiger partial charge in [-0.05, 0) is 31.0 Å². The zero-order chi connectivity index (χ0) is 15.4. The van der Waals surface area contributed by atoms with Gasteiger partial charge in [0.1, 0.15) is 0 Å². The number of benzene rings is 1. The van der Waals surface area contributed by atoms with E-state index >= 15 is 0 Å². The quantitative estimate of drug-likeness (QED) is 0.924. The standard InChI is InChI=1S/C18H28N2O2/c1-18(15-21)7-4-8-19(14-18)13-16-5-2-3-6-17(16)20-9-11-22-12-10-20/h2-3,5-6,21H,4,7-15H2,1H3. The average Bonchev–Trinajstić information content (AvgIpc) is 2.56. The van der Waals surface area contributed by atoms with E-state index in [1.54, 1.807) is 0 Å². The number of rotatable bonds is 4. The highest BCUT2D eigenvalue weighted by atomic mass is 16.5. The van der Waals surface area contributed by atoms with Gasteiger partial charge in [-0.1, -0.05) is 25.1 Å². The Hall–Kier alpha value is -1.10. The highest BCUT2D eigenvalue weighted by Crippen LogP contribution is 2.31. The average molecular weight is 304 g/mol. The Morgan fingerprint density at radius 1 is 1.18 bits per heavy atom. The van der Waals surface area contributed by atoms with E-state index in [4.69, 9.17) is 4.74 Å². The molecule has 2 aliphatic rings. The molecular formula is C18H28N2O2. The monoisotopic (exact) mass is 304 g/mol. The summed E-state index contributed by atoms with van der Waals surface area (Å²) in [6.07, 6.45) is 2.31. The molecule has 2 aliphatic heterocycles. The van der Waals surface area contributed by atoms with E-state index < -0.39 is 0 Å². The van der Waals surface area contributed by atoms with Gasteiger partial charge in [0, 0.05) is 43.9 Å². The first-order valence-electron chi connectivity index (χ1n) is 8.44. The third-order valence-corrected chi connectivity index (χ3v) is 4.98. The Morgan fingerprint density at radius 2 is 1.95 bits per heavy atom. The molecule has 2 heterocycles. The molecule has 4 nitrogen and oxygen atoms in total. The number of anilines is 1. The van der Waals surface area contributed by atoms with Crippen LogP contribution in [-0.2, 0) is 11.3 Å². The summed E-state index contributed by atoms with van der Waals surface area (Å²) in [5.41, 5.74) is 2.81. The number of aliphatic hydroxyl groups excluding tert-OH is 1. The number of piperidine rings is 1. The number of para-hydroxylation sites is 1. The summed E-state index contributed by atoms with van der Waals surface area (Å²) >= 11 is 0. The van der Waals surface area contributed by atoms with E-state index in [1.807, 2.05) is 0 Å². The molecule has 4 heteroatoms. The van der Waals surface area contributed by atoms with Gasteiger partial charge >= 0.3 is 0 Å². The zero-order valence-electron chi connectivity index (χ0n) is 13.6. The van der Waals surface area contributed by atoms with Crippen molar-refractivity contribution in [2.75, 3.05) is 50.9 Å². The second-order valence-electron chi connectivity index (χ2n) is 7.01. The van der Waals surface area contributed by atoms with Crippen molar-refractivity contribution in [1.82, 2.24) is 4.90 Å². The number of ether oxygens (including phenoxy) is 1. The van der Waals surface area contributed by atoms with Crippen LogP contribution in [0.1, 0.15) is 25.3 Å². The first-order chi connectivity index (χ1) is 10.7. The molecule has 0 aliphatic carbocycles. The molecule has 1 aromatic carbocycles. The molecule has 122 valence electrons. The SMILES string of the molecule is CC1(CO)CCCN(Cc2ccccc2N2CCOCC2)C1. The molecule has 2 saturated heterocycles. The van der Waals surface area contributed by atoms with Crippen molar-refractivity contribution in [3.8, 4) is 0 Å². The molecule has 1 unspecified atom stereocenters. The number of hydrogen-bond acceptors (Lipinski definition) is 4. The maximum absolute atomic E-state index is 9.64. The molecule has 2 fully saturated rings. The topological polar surface area (TPSA) is 35.9 Å². The lowest BCUT2D eigenvalue weighted by Gasteiger charge is -2.40. The Labute approximate surface area is 133 Å². The van der Waals surface area contributed by atoms with Crippen LogP contribution < -0.4 is 4.90 Å². The first kappa shape index (κ1) is 15.8. The minimum atomic E-state index is 0.0617. The fourth-order valence-electron chi connectivity index (χ4n) is 3.69. The fraction of sp³-hybridized carbons (Fsp3) is 0.667. The number of nitrogens with zero attached hydrogens (tertiary/aromatic N) is 2. The molecule has 1 aromatic rings. The van der Waals surface area contributed by atoms with Crippen molar-refractivity contribution in [1.29, 1.82) is 0 Å². The number of hydrogen-bond donors (Lipinski definition) is 1. The second-order valence-corrected chi connectivity index (χ2v) is 7.01. The van der Waals surface area contributed by atoms with E-state index in [1.165, 1.54) is 17.7 Å². The minimum Gasteiger partial charge on any atom is -0.396 e. The summed E-state index contributed by atoms with van der Waals surface area (Å²) in [6, 6.07) is 8.74. The molecule has 0 spiro atoms. The summed E-state index contributed by atoms with van der Waals surface area (Å²) in [6.45, 7) is 9.18. The van der Waals surface area contributed by atoms with Crippen molar-refractivity contribution >= 4 is 5.69 Å². The summed E-state index contributed by atoms with van der Waals surface area (Å²) in [5, 5.41) is 9.64. The lowest BCUT2D eigenvalue weighted by Crippen LogP contribution is -2.43. The number of aliphatic hydroxyl groups is 1. The van der Waals surface area contributed by atoms with Gasteiger partial charge in [-0.25, -0.2) is 0 Å². The van der Waals surface area contributed by atoms with Crippen LogP contribution >= 0.6 is 0 Å². The fourth-order valence-corrected chi connectivity index (χ4v) is 3.69. The third-order valence-electron chi connectivity index (χ3n) is 4.98. The molecule has 1 N–H and O–H groups in total. The Bertz CT molecular complexity index is 488. The van der Waals surface area contributed by atoms with Crippen molar-refractivity contribution in [3.05, 3.63) is 29.8 Å². The van der Waals surface area contributed by atoms with Crippen LogP contribution in [0.5, 0.6) is 0 Å². The van der Waals surface area contributed by atoms with Crippen LogP contribution in [-0.4, -0.2) is 56.0 Å². The molecule has 0 saturated carbocycles. The van der Waals surface area contributed by atoms with E-state index in [0.29, 0.717) is 0 Å². The van der Waals surface area contributed by atoms with Gasteiger partial charge in [-0.15, -0.1) is 0 Å². The van der Waals surface area contributed by atoms with Crippen molar-refractivity contribution < 1.29 is 9.84 Å². The van der Waals surface area contributed by atoms with E-state index in [2.05, 4.69) is 41.0 Å². The molecule has 1 atom stereocenters. The van der Waals surface area contributed by atoms with Crippen LogP contribution in [0.3, 0.4) is 0 Å². The number of likely N-dealkylation sites (tertiary alicyclic amines) is 1. The maximum atomic E-state index is 9.64. The molecular weight excluding hydrogens is 276 g/mol. The molecule has 0 aromatic heterocycles. The number of morpholine rings is 1. The lowest BCUT2D eigenvalue weighted by atomic mass is 9.82. The molecule has 0 bridgehead atoms. The van der Waals surface area contributed by atoms with Gasteiger partial charge in [0.25, 0.3) is 0 Å². The van der Waals surface area contributed by atoms with Crippen LogP contribution in [0, 0.1) is 5.41 Å². The van der Waals surface area contributed by atoms with Gasteiger partial charge in [0.05, 0.1) is 13.2 Å². The van der Waals surface area contributed by atoms with Crippen LogP contribution in [0.4, 0.5) is 5.69 Å². The smallest absolute Gasteiger partial charge is 0.0642 e. The maximum Gasteiger partial charge on any atom is 0.0642 e. The minimum absolute atomic E-state index is 0.0617. The predicted octanol–water partition coefficient (Wildman–Crippen LogP) is 2.12. The zero-order valence-corrected chi connectivity index (χ0v) is 13.6. The van der Waals surface area contributed by atoms with Gasteiger partial charge in [0.2, 0.25) is 0 Å². The van der Waals surface area contributed by atoms with Gasteiger partial charge in [0.15, 0.2) is 0 Å². The van der Waals surface area contributed by atoms with Crippen molar-refractivity contribution in [2.24, 2.45) is 5.41 Å². The molecule has 22 heavy (non-hydrogen) atoms. The van der Waals surface area contributed by atoms with Crippen molar-refractivity contribution in [3.63, 3.8) is 0 Å². The Kier molecular flexibility index (Phi) is 5.01. The first-order valence-corrected chi connectivity index (χ1v) is 8.44. The Morgan fingerprint density at radius 3 is 2.73 bits per heavy atom. The lowest BCUT2D eigenvalue weighted by molar-refractivity contribution is 0.0429.